The minimum absolute atomic E-state index is 0.0855. The van der Waals surface area contributed by atoms with Crippen LogP contribution in [0.25, 0.3) is 0 Å². The first-order chi connectivity index (χ1) is 16.0. The molecule has 0 aliphatic carbocycles. The summed E-state index contributed by atoms with van der Waals surface area (Å²) in [6.07, 6.45) is 0.0855. The maximum Gasteiger partial charge on any atom is 0.241 e. The van der Waals surface area contributed by atoms with Gasteiger partial charge in [-0.25, -0.2) is 0 Å². The van der Waals surface area contributed by atoms with Crippen LogP contribution < -0.4 is 14.4 Å². The number of hydrogen-bond acceptors (Lipinski definition) is 5. The van der Waals surface area contributed by atoms with Crippen LogP contribution in [-0.4, -0.2) is 31.7 Å². The lowest BCUT2D eigenvalue weighted by Gasteiger charge is -2.19. The van der Waals surface area contributed by atoms with Crippen molar-refractivity contribution >= 4 is 23.2 Å². The molecule has 3 aromatic rings. The number of amides is 2. The van der Waals surface area contributed by atoms with Gasteiger partial charge in [-0.3, -0.25) is 19.5 Å². The Morgan fingerprint density at radius 1 is 0.939 bits per heavy atom. The predicted octanol–water partition coefficient (Wildman–Crippen LogP) is 4.76. The highest BCUT2D eigenvalue weighted by Gasteiger charge is 2.41. The number of carbonyl (C=O) groups excluding carboxylic acids is 2. The summed E-state index contributed by atoms with van der Waals surface area (Å²) in [5.41, 5.74) is 3.89. The molecule has 6 nitrogen and oxygen atoms in total. The van der Waals surface area contributed by atoms with Crippen LogP contribution in [0.2, 0.25) is 0 Å². The molecule has 6 heteroatoms. The fourth-order valence-corrected chi connectivity index (χ4v) is 4.10. The number of carbonyl (C=O) groups is 2. The van der Waals surface area contributed by atoms with E-state index in [1.807, 2.05) is 61.5 Å². The highest BCUT2D eigenvalue weighted by Crippen LogP contribution is 2.40. The molecule has 0 saturated carbocycles. The predicted molar refractivity (Wildman–Crippen MR) is 128 cm³/mol. The van der Waals surface area contributed by atoms with Crippen LogP contribution in [-0.2, 0) is 16.1 Å². The third kappa shape index (κ3) is 4.51. The van der Waals surface area contributed by atoms with Crippen molar-refractivity contribution in [2.24, 2.45) is 4.99 Å². The summed E-state index contributed by atoms with van der Waals surface area (Å²) in [5.74, 6) is -0.0616. The van der Waals surface area contributed by atoms with Crippen molar-refractivity contribution in [2.45, 2.75) is 25.8 Å². The highest BCUT2D eigenvalue weighted by molar-refractivity contribution is 6.23. The third-order valence-corrected chi connectivity index (χ3v) is 5.82. The lowest BCUT2D eigenvalue weighted by Crippen LogP contribution is -2.30. The van der Waals surface area contributed by atoms with Crippen molar-refractivity contribution in [3.8, 4) is 11.5 Å². The monoisotopic (exact) mass is 442 g/mol. The van der Waals surface area contributed by atoms with Crippen LogP contribution in [0.1, 0.15) is 36.0 Å². The van der Waals surface area contributed by atoms with Gasteiger partial charge in [-0.1, -0.05) is 48.5 Å². The number of benzene rings is 3. The number of aliphatic imine (C=N–C) groups is 1. The van der Waals surface area contributed by atoms with Crippen LogP contribution >= 0.6 is 0 Å². The van der Waals surface area contributed by atoms with E-state index in [-0.39, 0.29) is 18.2 Å². The Bertz CT molecular complexity index is 1190. The van der Waals surface area contributed by atoms with Crippen LogP contribution in [0.15, 0.2) is 77.8 Å². The van der Waals surface area contributed by atoms with Crippen LogP contribution in [0, 0.1) is 0 Å². The van der Waals surface area contributed by atoms with E-state index in [1.54, 1.807) is 32.4 Å². The van der Waals surface area contributed by atoms with Crippen LogP contribution in [0.5, 0.6) is 11.5 Å². The van der Waals surface area contributed by atoms with E-state index in [2.05, 4.69) is 0 Å². The Morgan fingerprint density at radius 3 is 2.18 bits per heavy atom. The van der Waals surface area contributed by atoms with Crippen molar-refractivity contribution in [1.29, 1.82) is 0 Å². The summed E-state index contributed by atoms with van der Waals surface area (Å²) in [6.45, 7) is 2.41. The average molecular weight is 443 g/mol. The molecule has 1 fully saturated rings. The van der Waals surface area contributed by atoms with Gasteiger partial charge in [0, 0.05) is 17.7 Å². The Hall–Kier alpha value is -3.93. The molecule has 2 amide bonds. The molecule has 33 heavy (non-hydrogen) atoms. The largest absolute Gasteiger partial charge is 0.493 e. The van der Waals surface area contributed by atoms with E-state index >= 15 is 0 Å². The average Bonchev–Trinajstić information content (AvgIpc) is 3.16. The molecule has 0 radical (unpaired) electrons. The maximum atomic E-state index is 13.4. The van der Waals surface area contributed by atoms with Crippen LogP contribution in [0.4, 0.5) is 5.69 Å². The number of rotatable bonds is 7. The quantitative estimate of drug-likeness (QED) is 0.391. The first-order valence-electron chi connectivity index (χ1n) is 10.8. The lowest BCUT2D eigenvalue weighted by molar-refractivity contribution is -0.121. The molecular weight excluding hydrogens is 416 g/mol. The van der Waals surface area contributed by atoms with Gasteiger partial charge >= 0.3 is 0 Å². The van der Waals surface area contributed by atoms with Gasteiger partial charge in [-0.2, -0.15) is 0 Å². The number of imide groups is 1. The van der Waals surface area contributed by atoms with E-state index in [0.717, 1.165) is 16.8 Å². The van der Waals surface area contributed by atoms with Gasteiger partial charge in [0.2, 0.25) is 11.8 Å². The molecule has 3 aromatic carbocycles. The molecular formula is C27H26N2O4. The van der Waals surface area contributed by atoms with Gasteiger partial charge < -0.3 is 9.47 Å². The summed E-state index contributed by atoms with van der Waals surface area (Å²) in [7, 11) is 3.12. The third-order valence-electron chi connectivity index (χ3n) is 5.82. The van der Waals surface area contributed by atoms with E-state index in [4.69, 9.17) is 14.5 Å². The zero-order valence-electron chi connectivity index (χ0n) is 18.9. The second-order valence-electron chi connectivity index (χ2n) is 7.84. The topological polar surface area (TPSA) is 68.2 Å². The zero-order valence-corrected chi connectivity index (χ0v) is 18.9. The molecule has 1 aliphatic heterocycles. The molecule has 0 spiro atoms. The second-order valence-corrected chi connectivity index (χ2v) is 7.84. The molecule has 0 unspecified atom stereocenters. The molecule has 1 atom stereocenters. The van der Waals surface area contributed by atoms with Gasteiger partial charge in [0.15, 0.2) is 11.5 Å². The number of para-hydroxylation sites is 1. The SMILES string of the molecule is COc1cc(C(C)=NCc2ccccc2)c([C@@H]2CC(=O)N(c3ccccc3)C2=O)cc1OC. The minimum atomic E-state index is -0.630. The molecule has 168 valence electrons. The zero-order chi connectivity index (χ0) is 23.4. The Morgan fingerprint density at radius 2 is 1.55 bits per heavy atom. The smallest absolute Gasteiger partial charge is 0.241 e. The fraction of sp³-hybridized carbons (Fsp3) is 0.222. The Labute approximate surface area is 193 Å². The first-order valence-corrected chi connectivity index (χ1v) is 10.8. The number of ether oxygens (including phenoxy) is 2. The lowest BCUT2D eigenvalue weighted by atomic mass is 9.90. The number of nitrogens with zero attached hydrogens (tertiary/aromatic N) is 2. The van der Waals surface area contributed by atoms with Gasteiger partial charge in [-0.15, -0.1) is 0 Å². The van der Waals surface area contributed by atoms with Crippen molar-refractivity contribution in [1.82, 2.24) is 0 Å². The number of anilines is 1. The summed E-state index contributed by atoms with van der Waals surface area (Å²) in [4.78, 5) is 32.3. The van der Waals surface area contributed by atoms with Crippen molar-refractivity contribution < 1.29 is 19.1 Å². The van der Waals surface area contributed by atoms with Crippen LogP contribution in [0.3, 0.4) is 0 Å². The summed E-state index contributed by atoms with van der Waals surface area (Å²) in [6, 6.07) is 22.6. The van der Waals surface area contributed by atoms with E-state index in [9.17, 15) is 9.59 Å². The molecule has 1 saturated heterocycles. The van der Waals surface area contributed by atoms with Gasteiger partial charge in [-0.05, 0) is 42.3 Å². The summed E-state index contributed by atoms with van der Waals surface area (Å²) < 4.78 is 11.0. The van der Waals surface area contributed by atoms with E-state index in [0.29, 0.717) is 29.3 Å². The number of methoxy groups -OCH3 is 2. The molecule has 0 aromatic heterocycles. The van der Waals surface area contributed by atoms with Gasteiger partial charge in [0.05, 0.1) is 32.4 Å². The Kier molecular flexibility index (Phi) is 6.54. The Balaban J connectivity index is 1.75. The minimum Gasteiger partial charge on any atom is -0.493 e. The summed E-state index contributed by atoms with van der Waals surface area (Å²) >= 11 is 0. The second kappa shape index (κ2) is 9.69. The molecule has 1 heterocycles. The van der Waals surface area contributed by atoms with Gasteiger partial charge in [0.25, 0.3) is 0 Å². The normalized spacial score (nSPS) is 16.3. The van der Waals surface area contributed by atoms with E-state index in [1.165, 1.54) is 4.90 Å². The molecule has 0 bridgehead atoms. The molecule has 0 N–H and O–H groups in total. The first kappa shape index (κ1) is 22.3. The highest BCUT2D eigenvalue weighted by atomic mass is 16.5. The fourth-order valence-electron chi connectivity index (χ4n) is 4.10. The molecule has 1 aliphatic rings. The van der Waals surface area contributed by atoms with E-state index < -0.39 is 5.92 Å². The van der Waals surface area contributed by atoms with Crippen molar-refractivity contribution in [2.75, 3.05) is 19.1 Å². The number of hydrogen-bond donors (Lipinski definition) is 0. The van der Waals surface area contributed by atoms with Crippen molar-refractivity contribution in [3.05, 3.63) is 89.5 Å². The maximum absolute atomic E-state index is 13.4. The molecule has 4 rings (SSSR count). The van der Waals surface area contributed by atoms with Gasteiger partial charge in [0.1, 0.15) is 0 Å². The van der Waals surface area contributed by atoms with Crippen molar-refractivity contribution in [3.63, 3.8) is 0 Å². The summed E-state index contributed by atoms with van der Waals surface area (Å²) in [5, 5.41) is 0. The standard InChI is InChI=1S/C27H26N2O4/c1-18(28-17-19-10-6-4-7-11-19)21-14-24(32-2)25(33-3)15-22(21)23-16-26(30)29(27(23)31)20-12-8-5-9-13-20/h4-15,23H,16-17H2,1-3H3/t23-/m0/s1.